The lowest BCUT2D eigenvalue weighted by Gasteiger charge is -2.04. The largest absolute Gasteiger partial charge is 0.369 e. The van der Waals surface area contributed by atoms with E-state index in [0.29, 0.717) is 11.4 Å². The van der Waals surface area contributed by atoms with Crippen LogP contribution in [0.15, 0.2) is 24.3 Å². The standard InChI is InChI=1S/C9H9ClINO/c10-7-3-1-6(2-4-7)5-8(11)9(12)13/h1-4,8H,5H2,(H2,12,13)/t8-/m1/s1. The molecular formula is C9H9ClINO. The van der Waals surface area contributed by atoms with Crippen molar-refractivity contribution in [3.05, 3.63) is 34.9 Å². The third-order valence-corrected chi connectivity index (χ3v) is 2.94. The predicted molar refractivity (Wildman–Crippen MR) is 62.2 cm³/mol. The van der Waals surface area contributed by atoms with Crippen molar-refractivity contribution >= 4 is 40.1 Å². The average Bonchev–Trinajstić information content (AvgIpc) is 2.08. The molecule has 0 radical (unpaired) electrons. The molecule has 0 heterocycles. The Balaban J connectivity index is 2.64. The van der Waals surface area contributed by atoms with E-state index in [4.69, 9.17) is 17.3 Å². The number of carbonyl (C=O) groups excluding carboxylic acids is 1. The molecule has 0 aliphatic heterocycles. The number of halogens is 2. The summed E-state index contributed by atoms with van der Waals surface area (Å²) in [5.41, 5.74) is 6.21. The molecule has 0 spiro atoms. The topological polar surface area (TPSA) is 43.1 Å². The second kappa shape index (κ2) is 4.81. The fourth-order valence-electron chi connectivity index (χ4n) is 0.928. The lowest BCUT2D eigenvalue weighted by Crippen LogP contribution is -2.24. The molecule has 2 N–H and O–H groups in total. The minimum Gasteiger partial charge on any atom is -0.369 e. The van der Waals surface area contributed by atoms with Gasteiger partial charge in [0.1, 0.15) is 0 Å². The van der Waals surface area contributed by atoms with Crippen LogP contribution in [-0.2, 0) is 11.2 Å². The Hall–Kier alpha value is -0.290. The van der Waals surface area contributed by atoms with E-state index >= 15 is 0 Å². The molecule has 1 aromatic carbocycles. The molecule has 0 aliphatic carbocycles. The SMILES string of the molecule is NC(=O)[C@H](I)Cc1ccc(Cl)cc1. The van der Waals surface area contributed by atoms with E-state index in [1.54, 1.807) is 12.1 Å². The van der Waals surface area contributed by atoms with E-state index in [9.17, 15) is 4.79 Å². The summed E-state index contributed by atoms with van der Waals surface area (Å²) in [6.45, 7) is 0. The number of carbonyl (C=O) groups is 1. The number of rotatable bonds is 3. The quantitative estimate of drug-likeness (QED) is 0.675. The van der Waals surface area contributed by atoms with Crippen LogP contribution in [0.1, 0.15) is 5.56 Å². The summed E-state index contributed by atoms with van der Waals surface area (Å²) < 4.78 is -0.154. The van der Waals surface area contributed by atoms with Gasteiger partial charge in [-0.1, -0.05) is 46.3 Å². The highest BCUT2D eigenvalue weighted by Gasteiger charge is 2.10. The van der Waals surface area contributed by atoms with E-state index in [1.807, 2.05) is 34.7 Å². The summed E-state index contributed by atoms with van der Waals surface area (Å²) in [6.07, 6.45) is 0.660. The number of nitrogens with two attached hydrogens (primary N) is 1. The number of hydrogen-bond donors (Lipinski definition) is 1. The first kappa shape index (κ1) is 10.8. The van der Waals surface area contributed by atoms with E-state index in [-0.39, 0.29) is 9.83 Å². The molecule has 1 aromatic rings. The Morgan fingerprint density at radius 2 is 2.00 bits per heavy atom. The van der Waals surface area contributed by atoms with Crippen molar-refractivity contribution in [3.8, 4) is 0 Å². The first-order valence-electron chi connectivity index (χ1n) is 3.77. The second-order valence-electron chi connectivity index (χ2n) is 2.70. The van der Waals surface area contributed by atoms with E-state index in [2.05, 4.69) is 0 Å². The van der Waals surface area contributed by atoms with Gasteiger partial charge in [-0.3, -0.25) is 4.79 Å². The molecule has 0 aliphatic rings. The van der Waals surface area contributed by atoms with Gasteiger partial charge in [0, 0.05) is 5.02 Å². The molecule has 0 bridgehead atoms. The van der Waals surface area contributed by atoms with Crippen molar-refractivity contribution in [1.82, 2.24) is 0 Å². The zero-order chi connectivity index (χ0) is 9.84. The van der Waals surface area contributed by atoms with Crippen LogP contribution >= 0.6 is 34.2 Å². The van der Waals surface area contributed by atoms with Crippen LogP contribution in [0.3, 0.4) is 0 Å². The first-order valence-corrected chi connectivity index (χ1v) is 5.40. The van der Waals surface area contributed by atoms with Crippen molar-refractivity contribution < 1.29 is 4.79 Å². The predicted octanol–water partition coefficient (Wildman–Crippen LogP) is 2.17. The Morgan fingerprint density at radius 1 is 1.46 bits per heavy atom. The lowest BCUT2D eigenvalue weighted by atomic mass is 10.1. The van der Waals surface area contributed by atoms with Gasteiger partial charge in [0.15, 0.2) is 0 Å². The van der Waals surface area contributed by atoms with Gasteiger partial charge in [0.05, 0.1) is 3.92 Å². The number of benzene rings is 1. The van der Waals surface area contributed by atoms with Crippen LogP contribution in [0.4, 0.5) is 0 Å². The molecule has 70 valence electrons. The van der Waals surface area contributed by atoms with Gasteiger partial charge in [-0.2, -0.15) is 0 Å². The molecule has 2 nitrogen and oxygen atoms in total. The molecule has 0 saturated heterocycles. The highest BCUT2D eigenvalue weighted by atomic mass is 127. The van der Waals surface area contributed by atoms with Crippen LogP contribution in [-0.4, -0.2) is 9.83 Å². The number of alkyl halides is 1. The number of hydrogen-bond acceptors (Lipinski definition) is 1. The molecule has 13 heavy (non-hydrogen) atoms. The van der Waals surface area contributed by atoms with Crippen molar-refractivity contribution in [3.63, 3.8) is 0 Å². The summed E-state index contributed by atoms with van der Waals surface area (Å²) in [4.78, 5) is 10.8. The molecule has 0 unspecified atom stereocenters. The highest BCUT2D eigenvalue weighted by molar-refractivity contribution is 14.1. The zero-order valence-electron chi connectivity index (χ0n) is 6.84. The smallest absolute Gasteiger partial charge is 0.230 e. The number of amides is 1. The van der Waals surface area contributed by atoms with Crippen LogP contribution in [0.5, 0.6) is 0 Å². The third-order valence-electron chi connectivity index (χ3n) is 1.64. The molecule has 1 atom stereocenters. The maximum atomic E-state index is 10.8. The highest BCUT2D eigenvalue weighted by Crippen LogP contribution is 2.13. The van der Waals surface area contributed by atoms with Crippen molar-refractivity contribution in [2.45, 2.75) is 10.3 Å². The monoisotopic (exact) mass is 309 g/mol. The minimum absolute atomic E-state index is 0.154. The fraction of sp³-hybridized carbons (Fsp3) is 0.222. The maximum Gasteiger partial charge on any atom is 0.230 e. The maximum absolute atomic E-state index is 10.8. The molecule has 4 heteroatoms. The van der Waals surface area contributed by atoms with Crippen molar-refractivity contribution in [1.29, 1.82) is 0 Å². The molecule has 0 saturated carbocycles. The van der Waals surface area contributed by atoms with Gasteiger partial charge in [-0.05, 0) is 24.1 Å². The van der Waals surface area contributed by atoms with Gasteiger partial charge in [0.2, 0.25) is 5.91 Å². The van der Waals surface area contributed by atoms with E-state index < -0.39 is 0 Å². The summed E-state index contributed by atoms with van der Waals surface area (Å²) in [6, 6.07) is 7.41. The number of primary amides is 1. The average molecular weight is 310 g/mol. The third kappa shape index (κ3) is 3.52. The van der Waals surface area contributed by atoms with Gasteiger partial charge in [-0.25, -0.2) is 0 Å². The summed E-state index contributed by atoms with van der Waals surface area (Å²) in [5, 5.41) is 0.702. The van der Waals surface area contributed by atoms with Gasteiger partial charge in [0.25, 0.3) is 0 Å². The normalized spacial score (nSPS) is 12.5. The van der Waals surface area contributed by atoms with E-state index in [1.165, 1.54) is 0 Å². The Bertz CT molecular complexity index is 299. The van der Waals surface area contributed by atoms with Crippen molar-refractivity contribution in [2.24, 2.45) is 5.73 Å². The summed E-state index contributed by atoms with van der Waals surface area (Å²) in [5.74, 6) is -0.282. The second-order valence-corrected chi connectivity index (χ2v) is 4.64. The Labute approximate surface area is 95.6 Å². The molecular weight excluding hydrogens is 300 g/mol. The van der Waals surface area contributed by atoms with Gasteiger partial charge >= 0.3 is 0 Å². The van der Waals surface area contributed by atoms with Gasteiger partial charge in [-0.15, -0.1) is 0 Å². The molecule has 1 rings (SSSR count). The first-order chi connectivity index (χ1) is 6.09. The summed E-state index contributed by atoms with van der Waals surface area (Å²) in [7, 11) is 0. The molecule has 0 fully saturated rings. The van der Waals surface area contributed by atoms with Crippen LogP contribution in [0, 0.1) is 0 Å². The molecule has 0 aromatic heterocycles. The lowest BCUT2D eigenvalue weighted by molar-refractivity contribution is -0.117. The van der Waals surface area contributed by atoms with E-state index in [0.717, 1.165) is 5.56 Å². The Kier molecular flexibility index (Phi) is 3.99. The van der Waals surface area contributed by atoms with Crippen LogP contribution < -0.4 is 5.73 Å². The fourth-order valence-corrected chi connectivity index (χ4v) is 1.56. The van der Waals surface area contributed by atoms with Crippen LogP contribution in [0.2, 0.25) is 5.02 Å². The summed E-state index contributed by atoms with van der Waals surface area (Å²) >= 11 is 7.75. The van der Waals surface area contributed by atoms with Gasteiger partial charge < -0.3 is 5.73 Å². The zero-order valence-corrected chi connectivity index (χ0v) is 9.75. The van der Waals surface area contributed by atoms with Crippen LogP contribution in [0.25, 0.3) is 0 Å². The van der Waals surface area contributed by atoms with Crippen molar-refractivity contribution in [2.75, 3.05) is 0 Å². The minimum atomic E-state index is -0.282. The molecule has 1 amide bonds. The Morgan fingerprint density at radius 3 is 2.46 bits per heavy atom.